The van der Waals surface area contributed by atoms with Crippen molar-refractivity contribution in [1.29, 1.82) is 0 Å². The first-order valence-corrected chi connectivity index (χ1v) is 11.2. The topological polar surface area (TPSA) is 97.9 Å². The number of rotatable bonds is 11. The van der Waals surface area contributed by atoms with Crippen LogP contribution >= 0.6 is 0 Å². The Morgan fingerprint density at radius 1 is 0.829 bits per heavy atom. The lowest BCUT2D eigenvalue weighted by Crippen LogP contribution is -2.42. The standard InChI is InChI=1S/C27H31N3O5/c1-18-6-5-7-19(16-18)26(31)30-25(23-13-12-22(34-3)17-24(23)35-4)27(32)29-15-14-28-20-8-10-21(33-2)11-9-20/h5-13,16-17,25,28H,14-15H2,1-4H3,(H,29,32)(H,30,31). The van der Waals surface area contributed by atoms with Gasteiger partial charge in [-0.3, -0.25) is 9.59 Å². The highest BCUT2D eigenvalue weighted by molar-refractivity contribution is 5.98. The Labute approximate surface area is 205 Å². The Balaban J connectivity index is 1.73. The van der Waals surface area contributed by atoms with Crippen molar-refractivity contribution in [2.75, 3.05) is 39.7 Å². The maximum absolute atomic E-state index is 13.2. The average Bonchev–Trinajstić information content (AvgIpc) is 2.89. The third-order valence-electron chi connectivity index (χ3n) is 5.41. The second-order valence-electron chi connectivity index (χ2n) is 7.83. The Kier molecular flexibility index (Phi) is 8.95. The van der Waals surface area contributed by atoms with Crippen molar-refractivity contribution in [2.45, 2.75) is 13.0 Å². The van der Waals surface area contributed by atoms with E-state index < -0.39 is 6.04 Å². The van der Waals surface area contributed by atoms with Gasteiger partial charge in [0.05, 0.1) is 21.3 Å². The van der Waals surface area contributed by atoms with E-state index in [-0.39, 0.29) is 11.8 Å². The van der Waals surface area contributed by atoms with E-state index in [1.807, 2.05) is 37.3 Å². The largest absolute Gasteiger partial charge is 0.497 e. The summed E-state index contributed by atoms with van der Waals surface area (Å²) in [4.78, 5) is 26.2. The molecule has 2 amide bonds. The second kappa shape index (κ2) is 12.3. The summed E-state index contributed by atoms with van der Waals surface area (Å²) in [6, 6.07) is 18.8. The van der Waals surface area contributed by atoms with Gasteiger partial charge in [0.15, 0.2) is 0 Å². The maximum atomic E-state index is 13.2. The van der Waals surface area contributed by atoms with Gasteiger partial charge in [-0.25, -0.2) is 0 Å². The summed E-state index contributed by atoms with van der Waals surface area (Å²) >= 11 is 0. The van der Waals surface area contributed by atoms with Crippen LogP contribution in [0.3, 0.4) is 0 Å². The van der Waals surface area contributed by atoms with Crippen molar-refractivity contribution in [3.8, 4) is 17.2 Å². The number of hydrogen-bond acceptors (Lipinski definition) is 6. The molecule has 3 N–H and O–H groups in total. The van der Waals surface area contributed by atoms with Crippen molar-refractivity contribution in [1.82, 2.24) is 10.6 Å². The first-order chi connectivity index (χ1) is 16.9. The highest BCUT2D eigenvalue weighted by Crippen LogP contribution is 2.30. The molecule has 0 aromatic heterocycles. The number of anilines is 1. The van der Waals surface area contributed by atoms with Crippen LogP contribution in [0.1, 0.15) is 27.5 Å². The van der Waals surface area contributed by atoms with Gasteiger partial charge < -0.3 is 30.2 Å². The SMILES string of the molecule is COc1ccc(NCCNC(=O)C(NC(=O)c2cccc(C)c2)c2ccc(OC)cc2OC)cc1. The van der Waals surface area contributed by atoms with Crippen molar-refractivity contribution in [3.63, 3.8) is 0 Å². The summed E-state index contributed by atoms with van der Waals surface area (Å²) < 4.78 is 15.9. The molecule has 0 fully saturated rings. The number of benzene rings is 3. The Morgan fingerprint density at radius 2 is 1.54 bits per heavy atom. The van der Waals surface area contributed by atoms with E-state index in [0.717, 1.165) is 17.0 Å². The third kappa shape index (κ3) is 6.89. The third-order valence-corrected chi connectivity index (χ3v) is 5.41. The molecular formula is C27H31N3O5. The molecule has 8 heteroatoms. The molecule has 1 unspecified atom stereocenters. The maximum Gasteiger partial charge on any atom is 0.252 e. The van der Waals surface area contributed by atoms with E-state index >= 15 is 0 Å². The van der Waals surface area contributed by atoms with Crippen LogP contribution in [0.2, 0.25) is 0 Å². The normalized spacial score (nSPS) is 11.2. The number of carbonyl (C=O) groups excluding carboxylic acids is 2. The van der Waals surface area contributed by atoms with Crippen LogP contribution in [-0.4, -0.2) is 46.2 Å². The summed E-state index contributed by atoms with van der Waals surface area (Å²) in [5, 5.41) is 8.99. The molecule has 8 nitrogen and oxygen atoms in total. The van der Waals surface area contributed by atoms with Crippen molar-refractivity contribution < 1.29 is 23.8 Å². The number of amides is 2. The second-order valence-corrected chi connectivity index (χ2v) is 7.83. The van der Waals surface area contributed by atoms with E-state index in [9.17, 15) is 9.59 Å². The van der Waals surface area contributed by atoms with Crippen molar-refractivity contribution in [3.05, 3.63) is 83.4 Å². The molecule has 0 radical (unpaired) electrons. The van der Waals surface area contributed by atoms with E-state index in [2.05, 4.69) is 16.0 Å². The smallest absolute Gasteiger partial charge is 0.252 e. The quantitative estimate of drug-likeness (QED) is 0.364. The first kappa shape index (κ1) is 25.4. The lowest BCUT2D eigenvalue weighted by atomic mass is 10.0. The van der Waals surface area contributed by atoms with Crippen LogP contribution in [0.5, 0.6) is 17.2 Å². The van der Waals surface area contributed by atoms with Crippen molar-refractivity contribution in [2.24, 2.45) is 0 Å². The fourth-order valence-electron chi connectivity index (χ4n) is 3.55. The zero-order valence-electron chi connectivity index (χ0n) is 20.4. The first-order valence-electron chi connectivity index (χ1n) is 11.2. The molecule has 0 aliphatic heterocycles. The van der Waals surface area contributed by atoms with Crippen LogP contribution in [0.25, 0.3) is 0 Å². The van der Waals surface area contributed by atoms with Crippen LogP contribution < -0.4 is 30.2 Å². The summed E-state index contributed by atoms with van der Waals surface area (Å²) in [7, 11) is 4.67. The minimum atomic E-state index is -0.968. The van der Waals surface area contributed by atoms with Crippen LogP contribution in [-0.2, 0) is 4.79 Å². The molecule has 0 aliphatic rings. The van der Waals surface area contributed by atoms with Crippen LogP contribution in [0.4, 0.5) is 5.69 Å². The fourth-order valence-corrected chi connectivity index (χ4v) is 3.55. The van der Waals surface area contributed by atoms with Gasteiger partial charge in [0.2, 0.25) is 5.91 Å². The minimum absolute atomic E-state index is 0.347. The molecule has 3 aromatic rings. The van der Waals surface area contributed by atoms with Gasteiger partial charge in [-0.2, -0.15) is 0 Å². The minimum Gasteiger partial charge on any atom is -0.497 e. The number of ether oxygens (including phenoxy) is 3. The molecule has 1 atom stereocenters. The van der Waals surface area contributed by atoms with Crippen molar-refractivity contribution >= 4 is 17.5 Å². The summed E-state index contributed by atoms with van der Waals surface area (Å²) in [5.74, 6) is 1.07. The van der Waals surface area contributed by atoms with E-state index in [1.165, 1.54) is 7.11 Å². The zero-order chi connectivity index (χ0) is 25.2. The number of carbonyl (C=O) groups is 2. The van der Waals surface area contributed by atoms with Gasteiger partial charge >= 0.3 is 0 Å². The van der Waals surface area contributed by atoms with Gasteiger partial charge in [0, 0.05) is 36.0 Å². The molecule has 0 aliphatic carbocycles. The molecule has 3 rings (SSSR count). The Hall–Kier alpha value is -4.20. The molecule has 35 heavy (non-hydrogen) atoms. The Bertz CT molecular complexity index is 1150. The summed E-state index contributed by atoms with van der Waals surface area (Å²) in [6.45, 7) is 2.75. The van der Waals surface area contributed by atoms with Gasteiger partial charge in [-0.1, -0.05) is 17.7 Å². The number of aryl methyl sites for hydroxylation is 1. The lowest BCUT2D eigenvalue weighted by molar-refractivity contribution is -0.123. The highest BCUT2D eigenvalue weighted by Gasteiger charge is 2.26. The Morgan fingerprint density at radius 3 is 2.20 bits per heavy atom. The zero-order valence-corrected chi connectivity index (χ0v) is 20.4. The van der Waals surface area contributed by atoms with E-state index in [4.69, 9.17) is 14.2 Å². The average molecular weight is 478 g/mol. The summed E-state index contributed by atoms with van der Waals surface area (Å²) in [5.41, 5.74) is 2.85. The van der Waals surface area contributed by atoms with E-state index in [0.29, 0.717) is 35.7 Å². The van der Waals surface area contributed by atoms with Gasteiger partial charge in [0.1, 0.15) is 23.3 Å². The van der Waals surface area contributed by atoms with E-state index in [1.54, 1.807) is 50.6 Å². The van der Waals surface area contributed by atoms with Gasteiger partial charge in [-0.05, 0) is 55.5 Å². The monoisotopic (exact) mass is 477 g/mol. The highest BCUT2D eigenvalue weighted by atomic mass is 16.5. The molecule has 0 spiro atoms. The molecule has 0 saturated heterocycles. The molecule has 0 saturated carbocycles. The fraction of sp³-hybridized carbons (Fsp3) is 0.259. The summed E-state index contributed by atoms with van der Waals surface area (Å²) in [6.07, 6.45) is 0. The van der Waals surface area contributed by atoms with Crippen LogP contribution in [0, 0.1) is 6.92 Å². The molecule has 184 valence electrons. The molecule has 0 heterocycles. The molecular weight excluding hydrogens is 446 g/mol. The van der Waals surface area contributed by atoms with Gasteiger partial charge in [-0.15, -0.1) is 0 Å². The molecule has 3 aromatic carbocycles. The lowest BCUT2D eigenvalue weighted by Gasteiger charge is -2.22. The predicted octanol–water partition coefficient (Wildman–Crippen LogP) is 3.72. The number of methoxy groups -OCH3 is 3. The number of hydrogen-bond donors (Lipinski definition) is 3. The molecule has 0 bridgehead atoms. The predicted molar refractivity (Wildman–Crippen MR) is 135 cm³/mol. The number of nitrogens with one attached hydrogen (secondary N) is 3. The van der Waals surface area contributed by atoms with Gasteiger partial charge in [0.25, 0.3) is 5.91 Å². The van der Waals surface area contributed by atoms with Crippen LogP contribution in [0.15, 0.2) is 66.7 Å².